The first-order valence-electron chi connectivity index (χ1n) is 9.09. The Hall–Kier alpha value is -3.46. The van der Waals surface area contributed by atoms with Crippen LogP contribution in [0, 0.1) is 0 Å². The topological polar surface area (TPSA) is 85.9 Å². The molecule has 0 saturated carbocycles. The third kappa shape index (κ3) is 3.96. The molecule has 31 heavy (non-hydrogen) atoms. The predicted molar refractivity (Wildman–Crippen MR) is 113 cm³/mol. The summed E-state index contributed by atoms with van der Waals surface area (Å²) in [4.78, 5) is 8.26. The number of hydrogen-bond donors (Lipinski definition) is 1. The molecule has 0 bridgehead atoms. The summed E-state index contributed by atoms with van der Waals surface area (Å²) in [6.07, 6.45) is -3.52. The van der Waals surface area contributed by atoms with Crippen LogP contribution in [0.2, 0.25) is 0 Å². The van der Waals surface area contributed by atoms with Crippen LogP contribution >= 0.6 is 0 Å². The molecule has 1 heterocycles. The smallest absolute Gasteiger partial charge is 0.382 e. The number of para-hydroxylation sites is 1. The van der Waals surface area contributed by atoms with E-state index in [9.17, 15) is 21.6 Å². The summed E-state index contributed by atoms with van der Waals surface area (Å²) < 4.78 is 64.8. The first-order valence-corrected chi connectivity index (χ1v) is 11.0. The van der Waals surface area contributed by atoms with Crippen molar-refractivity contribution in [2.75, 3.05) is 12.0 Å². The Balaban J connectivity index is 1.94. The minimum Gasteiger partial charge on any atom is -0.382 e. The van der Waals surface area contributed by atoms with Gasteiger partial charge in [-0.05, 0) is 23.8 Å². The highest BCUT2D eigenvalue weighted by atomic mass is 32.2. The molecule has 0 unspecified atom stereocenters. The van der Waals surface area contributed by atoms with Gasteiger partial charge < -0.3 is 5.73 Å². The molecule has 4 rings (SSSR count). The average molecular weight is 443 g/mol. The molecule has 1 aromatic heterocycles. The van der Waals surface area contributed by atoms with Crippen LogP contribution in [0.15, 0.2) is 71.6 Å². The Kier molecular flexibility index (Phi) is 4.93. The number of aromatic nitrogens is 2. The minimum absolute atomic E-state index is 0.00654. The number of nitrogens with zero attached hydrogens (tertiary/aromatic N) is 2. The van der Waals surface area contributed by atoms with Crippen molar-refractivity contribution >= 4 is 26.7 Å². The molecular formula is C22H16F3N3O2S. The molecule has 0 fully saturated rings. The molecule has 0 aliphatic rings. The molecule has 0 atom stereocenters. The standard InChI is InChI=1S/C22H16F3N3O2S/c1-31(29,30)18-12-14(10-11-15(18)13-6-3-2-4-7-13)19-21(26)28-20-16(22(23,24)25)8-5-9-17(20)27-19/h2-12H,1H3,(H2,26,28). The van der Waals surface area contributed by atoms with Crippen molar-refractivity contribution in [1.29, 1.82) is 0 Å². The van der Waals surface area contributed by atoms with Gasteiger partial charge in [0.05, 0.1) is 16.0 Å². The van der Waals surface area contributed by atoms with Crippen LogP contribution in [-0.4, -0.2) is 24.6 Å². The number of fused-ring (bicyclic) bond motifs is 1. The number of hydrogen-bond acceptors (Lipinski definition) is 5. The Labute approximate surface area is 176 Å². The largest absolute Gasteiger partial charge is 0.418 e. The van der Waals surface area contributed by atoms with Gasteiger partial charge in [-0.2, -0.15) is 13.2 Å². The van der Waals surface area contributed by atoms with Gasteiger partial charge in [0.25, 0.3) is 0 Å². The number of halogens is 3. The summed E-state index contributed by atoms with van der Waals surface area (Å²) in [5, 5.41) is 0. The number of nitrogen functional groups attached to an aromatic ring is 1. The summed E-state index contributed by atoms with van der Waals surface area (Å²) in [5.41, 5.74) is 6.31. The van der Waals surface area contributed by atoms with Crippen molar-refractivity contribution in [2.45, 2.75) is 11.1 Å². The van der Waals surface area contributed by atoms with E-state index in [-0.39, 0.29) is 27.4 Å². The van der Waals surface area contributed by atoms with E-state index in [1.165, 1.54) is 18.2 Å². The lowest BCUT2D eigenvalue weighted by molar-refractivity contribution is -0.136. The second kappa shape index (κ2) is 7.35. The first-order chi connectivity index (χ1) is 14.6. The monoisotopic (exact) mass is 443 g/mol. The van der Waals surface area contributed by atoms with Crippen molar-refractivity contribution in [3.05, 3.63) is 72.3 Å². The molecule has 0 amide bonds. The van der Waals surface area contributed by atoms with Crippen molar-refractivity contribution in [3.63, 3.8) is 0 Å². The number of anilines is 1. The van der Waals surface area contributed by atoms with E-state index < -0.39 is 21.6 Å². The lowest BCUT2D eigenvalue weighted by Crippen LogP contribution is -2.09. The zero-order valence-electron chi connectivity index (χ0n) is 16.2. The Morgan fingerprint density at radius 1 is 0.871 bits per heavy atom. The van der Waals surface area contributed by atoms with E-state index in [4.69, 9.17) is 5.73 Å². The van der Waals surface area contributed by atoms with Gasteiger partial charge in [-0.1, -0.05) is 48.5 Å². The molecule has 9 heteroatoms. The van der Waals surface area contributed by atoms with Crippen LogP contribution in [0.25, 0.3) is 33.4 Å². The molecule has 0 radical (unpaired) electrons. The lowest BCUT2D eigenvalue weighted by Gasteiger charge is -2.14. The Bertz CT molecular complexity index is 1400. The number of alkyl halides is 3. The van der Waals surface area contributed by atoms with Crippen molar-refractivity contribution in [1.82, 2.24) is 9.97 Å². The molecular weight excluding hydrogens is 427 g/mol. The lowest BCUT2D eigenvalue weighted by atomic mass is 10.0. The van der Waals surface area contributed by atoms with Crippen molar-refractivity contribution < 1.29 is 21.6 Å². The van der Waals surface area contributed by atoms with Gasteiger partial charge in [-0.3, -0.25) is 0 Å². The molecule has 4 aromatic rings. The fourth-order valence-corrected chi connectivity index (χ4v) is 4.29. The third-order valence-corrected chi connectivity index (χ3v) is 5.90. The van der Waals surface area contributed by atoms with Gasteiger partial charge in [0.2, 0.25) is 0 Å². The average Bonchev–Trinajstić information content (AvgIpc) is 2.72. The minimum atomic E-state index is -4.61. The second-order valence-electron chi connectivity index (χ2n) is 6.98. The SMILES string of the molecule is CS(=O)(=O)c1cc(-c2nc3cccc(C(F)(F)F)c3nc2N)ccc1-c1ccccc1. The summed E-state index contributed by atoms with van der Waals surface area (Å²) in [5.74, 6) is -0.226. The van der Waals surface area contributed by atoms with Gasteiger partial charge in [0.15, 0.2) is 15.7 Å². The van der Waals surface area contributed by atoms with E-state index in [0.717, 1.165) is 12.3 Å². The number of rotatable bonds is 3. The second-order valence-corrected chi connectivity index (χ2v) is 8.96. The predicted octanol–water partition coefficient (Wildman–Crippen LogP) is 4.97. The van der Waals surface area contributed by atoms with Crippen molar-refractivity contribution in [2.24, 2.45) is 0 Å². The summed E-state index contributed by atoms with van der Waals surface area (Å²) in [6.45, 7) is 0. The Morgan fingerprint density at radius 2 is 1.58 bits per heavy atom. The Morgan fingerprint density at radius 3 is 2.23 bits per heavy atom. The summed E-state index contributed by atoms with van der Waals surface area (Å²) >= 11 is 0. The van der Waals surface area contributed by atoms with Crippen LogP contribution in [0.4, 0.5) is 19.0 Å². The van der Waals surface area contributed by atoms with Crippen LogP contribution in [0.1, 0.15) is 5.56 Å². The highest BCUT2D eigenvalue weighted by Gasteiger charge is 2.33. The van der Waals surface area contributed by atoms with Gasteiger partial charge >= 0.3 is 6.18 Å². The normalized spacial score (nSPS) is 12.3. The highest BCUT2D eigenvalue weighted by Crippen LogP contribution is 2.37. The first kappa shape index (κ1) is 20.8. The summed E-state index contributed by atoms with van der Waals surface area (Å²) in [7, 11) is -3.63. The maximum Gasteiger partial charge on any atom is 0.418 e. The maximum atomic E-state index is 13.3. The van der Waals surface area contributed by atoms with Crippen LogP contribution in [-0.2, 0) is 16.0 Å². The zero-order chi connectivity index (χ0) is 22.4. The molecule has 0 saturated heterocycles. The number of sulfone groups is 1. The van der Waals surface area contributed by atoms with Gasteiger partial charge in [-0.25, -0.2) is 18.4 Å². The molecule has 0 aliphatic carbocycles. The van der Waals surface area contributed by atoms with Gasteiger partial charge in [0.1, 0.15) is 11.2 Å². The molecule has 3 aromatic carbocycles. The fourth-order valence-electron chi connectivity index (χ4n) is 3.36. The zero-order valence-corrected chi connectivity index (χ0v) is 17.0. The van der Waals surface area contributed by atoms with Crippen molar-refractivity contribution in [3.8, 4) is 22.4 Å². The van der Waals surface area contributed by atoms with Crippen LogP contribution in [0.5, 0.6) is 0 Å². The van der Waals surface area contributed by atoms with E-state index in [1.807, 2.05) is 6.07 Å². The molecule has 5 nitrogen and oxygen atoms in total. The molecule has 2 N–H and O–H groups in total. The number of benzene rings is 3. The quantitative estimate of drug-likeness (QED) is 0.483. The van der Waals surface area contributed by atoms with Gasteiger partial charge in [-0.15, -0.1) is 0 Å². The molecule has 0 aliphatic heterocycles. The third-order valence-electron chi connectivity index (χ3n) is 4.77. The van der Waals surface area contributed by atoms with E-state index in [1.54, 1.807) is 36.4 Å². The van der Waals surface area contributed by atoms with E-state index >= 15 is 0 Å². The van der Waals surface area contributed by atoms with E-state index in [2.05, 4.69) is 9.97 Å². The molecule has 0 spiro atoms. The molecule has 158 valence electrons. The van der Waals surface area contributed by atoms with Crippen LogP contribution < -0.4 is 5.73 Å². The summed E-state index contributed by atoms with van der Waals surface area (Å²) in [6, 6.07) is 17.2. The number of nitrogens with two attached hydrogens (primary N) is 1. The van der Waals surface area contributed by atoms with Gasteiger partial charge in [0, 0.05) is 17.4 Å². The maximum absolute atomic E-state index is 13.3. The van der Waals surface area contributed by atoms with Crippen LogP contribution in [0.3, 0.4) is 0 Å². The fraction of sp³-hybridized carbons (Fsp3) is 0.0909. The highest BCUT2D eigenvalue weighted by molar-refractivity contribution is 7.90. The van der Waals surface area contributed by atoms with E-state index in [0.29, 0.717) is 16.7 Å².